The fourth-order valence-corrected chi connectivity index (χ4v) is 3.92. The van der Waals surface area contributed by atoms with Gasteiger partial charge < -0.3 is 15.5 Å². The van der Waals surface area contributed by atoms with Crippen LogP contribution in [0.5, 0.6) is 0 Å². The topological polar surface area (TPSA) is 80.1 Å². The van der Waals surface area contributed by atoms with Gasteiger partial charge >= 0.3 is 0 Å². The number of nitrogens with zero attached hydrogens (tertiary/aromatic N) is 2. The van der Waals surface area contributed by atoms with E-state index in [4.69, 9.17) is 0 Å². The Morgan fingerprint density at radius 2 is 1.88 bits per heavy atom. The van der Waals surface area contributed by atoms with Crippen molar-refractivity contribution < 1.29 is 10.2 Å². The number of fused-ring (bicyclic) bond motifs is 1. The zero-order chi connectivity index (χ0) is 16.9. The predicted octanol–water partition coefficient (Wildman–Crippen LogP) is 1.84. The molecule has 5 atom stereocenters. The summed E-state index contributed by atoms with van der Waals surface area (Å²) in [6, 6.07) is 0. The smallest absolute Gasteiger partial charge is 0.175 e. The zero-order valence-electron chi connectivity index (χ0n) is 14.4. The van der Waals surface area contributed by atoms with E-state index < -0.39 is 12.5 Å². The van der Waals surface area contributed by atoms with Crippen LogP contribution in [0.2, 0.25) is 0 Å². The highest BCUT2D eigenvalue weighted by Crippen LogP contribution is 2.40. The number of nitrogens with one attached hydrogen (secondary N) is 2. The molecule has 1 fully saturated rings. The summed E-state index contributed by atoms with van der Waals surface area (Å²) >= 11 is 0. The van der Waals surface area contributed by atoms with E-state index in [0.29, 0.717) is 0 Å². The van der Waals surface area contributed by atoms with Gasteiger partial charge in [0.05, 0.1) is 0 Å². The lowest BCUT2D eigenvalue weighted by molar-refractivity contribution is -0.100. The van der Waals surface area contributed by atoms with Crippen LogP contribution in [0.15, 0.2) is 29.4 Å². The molecule has 6 heteroatoms. The van der Waals surface area contributed by atoms with Gasteiger partial charge in [-0.2, -0.15) is 5.10 Å². The Hall–Kier alpha value is -1.37. The lowest BCUT2D eigenvalue weighted by Crippen LogP contribution is -2.56. The van der Waals surface area contributed by atoms with E-state index in [1.807, 2.05) is 0 Å². The molecule has 0 radical (unpaired) electrons. The molecule has 134 valence electrons. The van der Waals surface area contributed by atoms with Gasteiger partial charge in [-0.05, 0) is 38.5 Å². The summed E-state index contributed by atoms with van der Waals surface area (Å²) in [6.45, 7) is 2.15. The minimum absolute atomic E-state index is 0.100. The Labute approximate surface area is 144 Å². The van der Waals surface area contributed by atoms with Gasteiger partial charge in [0.2, 0.25) is 0 Å². The molecule has 2 heterocycles. The Morgan fingerprint density at radius 1 is 1.17 bits per heavy atom. The second kappa shape index (κ2) is 8.14. The van der Waals surface area contributed by atoms with Gasteiger partial charge in [-0.3, -0.25) is 5.43 Å². The Morgan fingerprint density at radius 3 is 2.54 bits per heavy atom. The molecule has 24 heavy (non-hydrogen) atoms. The predicted molar refractivity (Wildman–Crippen MR) is 94.6 cm³/mol. The first-order chi connectivity index (χ1) is 11.7. The highest BCUT2D eigenvalue weighted by Gasteiger charge is 2.50. The molecular weight excluding hydrogens is 304 g/mol. The Bertz CT molecular complexity index is 485. The fraction of sp³-hybridized carbons (Fsp3) is 0.722. The lowest BCUT2D eigenvalue weighted by Gasteiger charge is -2.30. The number of hydrogen-bond acceptors (Lipinski definition) is 6. The summed E-state index contributed by atoms with van der Waals surface area (Å²) in [4.78, 5) is 1.73. The van der Waals surface area contributed by atoms with Crippen molar-refractivity contribution >= 4 is 5.84 Å². The molecule has 3 rings (SSSR count). The molecule has 6 nitrogen and oxygen atoms in total. The molecule has 0 aromatic carbocycles. The van der Waals surface area contributed by atoms with Crippen LogP contribution in [0.1, 0.15) is 51.9 Å². The van der Waals surface area contributed by atoms with Crippen molar-refractivity contribution in [2.24, 2.45) is 16.9 Å². The van der Waals surface area contributed by atoms with Gasteiger partial charge in [0.15, 0.2) is 6.29 Å². The first kappa shape index (κ1) is 17.5. The maximum atomic E-state index is 10.6. The quantitative estimate of drug-likeness (QED) is 0.422. The molecule has 4 N–H and O–H groups in total. The van der Waals surface area contributed by atoms with Crippen molar-refractivity contribution in [1.82, 2.24) is 15.6 Å². The van der Waals surface area contributed by atoms with Crippen molar-refractivity contribution in [2.45, 2.75) is 70.6 Å². The number of rotatable bonds is 7. The number of aliphatic hydroxyl groups excluding tert-OH is 2. The van der Waals surface area contributed by atoms with Gasteiger partial charge in [-0.1, -0.05) is 31.2 Å². The van der Waals surface area contributed by atoms with E-state index in [1.54, 1.807) is 4.90 Å². The van der Waals surface area contributed by atoms with Gasteiger partial charge in [0.25, 0.3) is 0 Å². The maximum Gasteiger partial charge on any atom is 0.175 e. The number of likely N-dealkylation sites (tertiary alicyclic amines) is 1. The lowest BCUT2D eigenvalue weighted by atomic mass is 9.84. The number of aliphatic hydroxyl groups is 2. The third-order valence-electron chi connectivity index (χ3n) is 5.27. The molecule has 1 saturated heterocycles. The van der Waals surface area contributed by atoms with Crippen LogP contribution in [0.3, 0.4) is 0 Å². The number of hydrazone groups is 1. The maximum absolute atomic E-state index is 10.6. The second-order valence-electron chi connectivity index (χ2n) is 6.90. The molecule has 3 aliphatic rings. The van der Waals surface area contributed by atoms with Crippen LogP contribution in [-0.2, 0) is 0 Å². The second-order valence-corrected chi connectivity index (χ2v) is 6.90. The van der Waals surface area contributed by atoms with E-state index >= 15 is 0 Å². The van der Waals surface area contributed by atoms with Crippen molar-refractivity contribution in [3.8, 4) is 0 Å². The van der Waals surface area contributed by atoms with Crippen molar-refractivity contribution in [3.63, 3.8) is 0 Å². The minimum atomic E-state index is -0.645. The summed E-state index contributed by atoms with van der Waals surface area (Å²) in [6.07, 6.45) is 14.0. The SMILES string of the molecule is CC/C=C\CCCCC1=NNC(N2C(O)C3CC=CCC3C2O)N1. The third-order valence-corrected chi connectivity index (χ3v) is 5.27. The highest BCUT2D eigenvalue weighted by atomic mass is 16.3. The summed E-state index contributed by atoms with van der Waals surface area (Å²) in [5.74, 6) is 1.11. The van der Waals surface area contributed by atoms with Gasteiger partial charge in [0.1, 0.15) is 18.3 Å². The van der Waals surface area contributed by atoms with Crippen molar-refractivity contribution in [1.29, 1.82) is 0 Å². The summed E-state index contributed by atoms with van der Waals surface area (Å²) < 4.78 is 0. The molecule has 0 bridgehead atoms. The zero-order valence-corrected chi connectivity index (χ0v) is 14.4. The third kappa shape index (κ3) is 3.66. The molecule has 0 amide bonds. The van der Waals surface area contributed by atoms with E-state index in [2.05, 4.69) is 47.1 Å². The van der Waals surface area contributed by atoms with E-state index in [1.165, 1.54) is 0 Å². The fourth-order valence-electron chi connectivity index (χ4n) is 3.92. The van der Waals surface area contributed by atoms with Gasteiger partial charge in [-0.25, -0.2) is 4.90 Å². The van der Waals surface area contributed by atoms with Crippen molar-refractivity contribution in [3.05, 3.63) is 24.3 Å². The van der Waals surface area contributed by atoms with Crippen LogP contribution in [0, 0.1) is 11.8 Å². The molecule has 2 aliphatic heterocycles. The Balaban J connectivity index is 1.46. The van der Waals surface area contributed by atoms with Crippen LogP contribution in [0.4, 0.5) is 0 Å². The van der Waals surface area contributed by atoms with E-state index in [-0.39, 0.29) is 18.1 Å². The molecule has 0 spiro atoms. The van der Waals surface area contributed by atoms with Crippen LogP contribution in [0.25, 0.3) is 0 Å². The number of amidine groups is 1. The van der Waals surface area contributed by atoms with Gasteiger partial charge in [-0.15, -0.1) is 0 Å². The van der Waals surface area contributed by atoms with E-state index in [9.17, 15) is 10.2 Å². The first-order valence-corrected chi connectivity index (χ1v) is 9.24. The van der Waals surface area contributed by atoms with Crippen LogP contribution in [-0.4, -0.2) is 39.7 Å². The first-order valence-electron chi connectivity index (χ1n) is 9.24. The van der Waals surface area contributed by atoms with E-state index in [0.717, 1.165) is 50.8 Å². The summed E-state index contributed by atoms with van der Waals surface area (Å²) in [5.41, 5.74) is 3.03. The molecule has 0 aromatic rings. The standard InChI is InChI=1S/C18H30N4O2/c1-2-3-4-5-6-7-12-15-19-18(21-20-15)22-16(23)13-10-8-9-11-14(13)17(22)24/h3-4,8-9,13-14,16-18,21,23-24H,2,5-7,10-12H2,1H3,(H,19,20)/b4-3-. The molecule has 1 aliphatic carbocycles. The number of hydrogen-bond donors (Lipinski definition) is 4. The normalized spacial score (nSPS) is 35.8. The average molecular weight is 334 g/mol. The van der Waals surface area contributed by atoms with Gasteiger partial charge in [0, 0.05) is 18.3 Å². The summed E-state index contributed by atoms with van der Waals surface area (Å²) in [7, 11) is 0. The monoisotopic (exact) mass is 334 g/mol. The summed E-state index contributed by atoms with van der Waals surface area (Å²) in [5, 5.41) is 28.8. The molecule has 5 unspecified atom stereocenters. The molecule has 0 saturated carbocycles. The highest BCUT2D eigenvalue weighted by molar-refractivity contribution is 5.83. The number of allylic oxidation sites excluding steroid dienone is 4. The Kier molecular flexibility index (Phi) is 5.92. The molecule has 0 aromatic heterocycles. The number of unbranched alkanes of at least 4 members (excludes halogenated alkanes) is 2. The van der Waals surface area contributed by atoms with Crippen molar-refractivity contribution in [2.75, 3.05) is 0 Å². The average Bonchev–Trinajstić information content (AvgIpc) is 3.15. The van der Waals surface area contributed by atoms with Crippen LogP contribution >= 0.6 is 0 Å². The molecular formula is C18H30N4O2. The minimum Gasteiger partial charge on any atom is -0.378 e. The van der Waals surface area contributed by atoms with Crippen LogP contribution < -0.4 is 10.7 Å². The largest absolute Gasteiger partial charge is 0.378 e.